The van der Waals surface area contributed by atoms with Gasteiger partial charge < -0.3 is 4.42 Å². The van der Waals surface area contributed by atoms with Gasteiger partial charge >= 0.3 is 0 Å². The van der Waals surface area contributed by atoms with E-state index in [2.05, 4.69) is 91.0 Å². The molecule has 7 aromatic carbocycles. The van der Waals surface area contributed by atoms with Crippen molar-refractivity contribution in [3.63, 3.8) is 0 Å². The Balaban J connectivity index is 1.20. The van der Waals surface area contributed by atoms with E-state index in [4.69, 9.17) is 19.4 Å². The molecule has 0 bridgehead atoms. The van der Waals surface area contributed by atoms with Crippen molar-refractivity contribution < 1.29 is 4.42 Å². The van der Waals surface area contributed by atoms with Crippen molar-refractivity contribution in [3.8, 4) is 45.3 Å². The van der Waals surface area contributed by atoms with Crippen LogP contribution in [0.4, 0.5) is 0 Å². The first kappa shape index (κ1) is 25.4. The zero-order valence-electron chi connectivity index (χ0n) is 24.2. The van der Waals surface area contributed by atoms with Crippen molar-refractivity contribution in [2.75, 3.05) is 0 Å². The van der Waals surface area contributed by atoms with E-state index in [1.54, 1.807) is 0 Å². The van der Waals surface area contributed by atoms with Gasteiger partial charge in [-0.2, -0.15) is 0 Å². The average molecular weight is 576 g/mol. The first-order chi connectivity index (χ1) is 22.3. The van der Waals surface area contributed by atoms with Gasteiger partial charge in [0.2, 0.25) is 0 Å². The van der Waals surface area contributed by atoms with Crippen molar-refractivity contribution in [2.24, 2.45) is 0 Å². The lowest BCUT2D eigenvalue weighted by atomic mass is 9.93. The van der Waals surface area contributed by atoms with Crippen LogP contribution in [0.3, 0.4) is 0 Å². The molecule has 4 nitrogen and oxygen atoms in total. The molecule has 0 saturated carbocycles. The van der Waals surface area contributed by atoms with Crippen LogP contribution in [0.15, 0.2) is 156 Å². The average Bonchev–Trinajstić information content (AvgIpc) is 3.50. The molecule has 45 heavy (non-hydrogen) atoms. The number of rotatable bonds is 4. The van der Waals surface area contributed by atoms with Crippen molar-refractivity contribution in [1.82, 2.24) is 15.0 Å². The van der Waals surface area contributed by atoms with E-state index in [1.807, 2.05) is 60.7 Å². The van der Waals surface area contributed by atoms with Gasteiger partial charge in [-0.3, -0.25) is 0 Å². The summed E-state index contributed by atoms with van der Waals surface area (Å²) in [5, 5.41) is 7.09. The van der Waals surface area contributed by atoms with Gasteiger partial charge in [0.1, 0.15) is 11.2 Å². The van der Waals surface area contributed by atoms with E-state index in [-0.39, 0.29) is 0 Å². The van der Waals surface area contributed by atoms with Crippen LogP contribution in [-0.2, 0) is 0 Å². The van der Waals surface area contributed by atoms with E-state index < -0.39 is 0 Å². The van der Waals surface area contributed by atoms with Crippen LogP contribution in [0, 0.1) is 0 Å². The summed E-state index contributed by atoms with van der Waals surface area (Å²) in [4.78, 5) is 15.0. The molecule has 2 heterocycles. The van der Waals surface area contributed by atoms with E-state index in [0.29, 0.717) is 17.5 Å². The van der Waals surface area contributed by atoms with E-state index in [9.17, 15) is 0 Å². The second kappa shape index (κ2) is 10.2. The minimum atomic E-state index is 0.577. The Kier molecular flexibility index (Phi) is 5.78. The summed E-state index contributed by atoms with van der Waals surface area (Å²) in [5.41, 5.74) is 6.64. The Morgan fingerprint density at radius 3 is 1.78 bits per heavy atom. The Labute approximate surface area is 259 Å². The van der Waals surface area contributed by atoms with Crippen LogP contribution in [0.5, 0.6) is 0 Å². The third kappa shape index (κ3) is 4.27. The van der Waals surface area contributed by atoms with Crippen LogP contribution >= 0.6 is 0 Å². The number of hydrogen-bond donors (Lipinski definition) is 0. The Hall–Kier alpha value is -6.13. The predicted octanol–water partition coefficient (Wildman–Crippen LogP) is 10.7. The second-order valence-electron chi connectivity index (χ2n) is 11.2. The Bertz CT molecular complexity index is 2530. The molecule has 0 unspecified atom stereocenters. The molecule has 0 saturated heterocycles. The predicted molar refractivity (Wildman–Crippen MR) is 184 cm³/mol. The maximum absolute atomic E-state index is 6.36. The van der Waals surface area contributed by atoms with E-state index >= 15 is 0 Å². The second-order valence-corrected chi connectivity index (χ2v) is 11.2. The minimum absolute atomic E-state index is 0.577. The molecule has 0 amide bonds. The highest BCUT2D eigenvalue weighted by atomic mass is 16.3. The zero-order chi connectivity index (χ0) is 29.7. The highest BCUT2D eigenvalue weighted by Crippen LogP contribution is 2.37. The molecule has 0 spiro atoms. The largest absolute Gasteiger partial charge is 0.455 e. The van der Waals surface area contributed by atoms with Crippen LogP contribution in [-0.4, -0.2) is 15.0 Å². The molecule has 4 heteroatoms. The van der Waals surface area contributed by atoms with E-state index in [0.717, 1.165) is 44.2 Å². The van der Waals surface area contributed by atoms with Gasteiger partial charge in [-0.1, -0.05) is 140 Å². The van der Waals surface area contributed by atoms with Gasteiger partial charge in [0, 0.05) is 21.9 Å². The minimum Gasteiger partial charge on any atom is -0.455 e. The molecular formula is C41H25N3O. The van der Waals surface area contributed by atoms with Crippen molar-refractivity contribution in [2.45, 2.75) is 0 Å². The summed E-state index contributed by atoms with van der Waals surface area (Å²) in [6.07, 6.45) is 0. The molecule has 0 radical (unpaired) electrons. The molecule has 0 aliphatic rings. The molecule has 0 fully saturated rings. The van der Waals surface area contributed by atoms with Gasteiger partial charge in [-0.25, -0.2) is 15.0 Å². The van der Waals surface area contributed by atoms with Gasteiger partial charge in [0.05, 0.1) is 5.56 Å². The van der Waals surface area contributed by atoms with Gasteiger partial charge in [0.15, 0.2) is 17.5 Å². The quantitative estimate of drug-likeness (QED) is 0.196. The summed E-state index contributed by atoms with van der Waals surface area (Å²) >= 11 is 0. The lowest BCUT2D eigenvalue weighted by molar-refractivity contribution is 0.669. The number of benzene rings is 7. The fourth-order valence-corrected chi connectivity index (χ4v) is 6.36. The summed E-state index contributed by atoms with van der Waals surface area (Å²) in [6.45, 7) is 0. The summed E-state index contributed by atoms with van der Waals surface area (Å²) in [6, 6.07) is 52.3. The molecule has 2 aromatic heterocycles. The molecule has 0 aliphatic carbocycles. The molecule has 9 aromatic rings. The topological polar surface area (TPSA) is 51.8 Å². The lowest BCUT2D eigenvalue weighted by Gasteiger charge is -2.12. The number of para-hydroxylation sites is 2. The van der Waals surface area contributed by atoms with Gasteiger partial charge in [0.25, 0.3) is 0 Å². The van der Waals surface area contributed by atoms with Gasteiger partial charge in [-0.15, -0.1) is 0 Å². The summed E-state index contributed by atoms with van der Waals surface area (Å²) in [7, 11) is 0. The normalized spacial score (nSPS) is 11.6. The fourth-order valence-electron chi connectivity index (χ4n) is 6.36. The standard InChI is InChI=1S/C41H25N3O/c1-2-11-29(12-3-1)39-42-40(44-41(43-39)35-18-9-17-34-33-15-6-7-19-36(33)45-38(34)35)30-24-21-27(22-25-30)32-16-8-13-28-23-20-26-10-4-5-14-31(26)37(28)32/h1-25H. The van der Waals surface area contributed by atoms with Crippen LogP contribution in [0.25, 0.3) is 88.8 Å². The smallest absolute Gasteiger partial charge is 0.167 e. The van der Waals surface area contributed by atoms with Crippen LogP contribution in [0.2, 0.25) is 0 Å². The third-order valence-corrected chi connectivity index (χ3v) is 8.54. The molecule has 210 valence electrons. The summed E-state index contributed by atoms with van der Waals surface area (Å²) in [5.74, 6) is 1.81. The molecule has 0 N–H and O–H groups in total. The lowest BCUT2D eigenvalue weighted by Crippen LogP contribution is -2.00. The maximum Gasteiger partial charge on any atom is 0.167 e. The highest BCUT2D eigenvalue weighted by Gasteiger charge is 2.18. The number of furan rings is 1. The van der Waals surface area contributed by atoms with Crippen LogP contribution < -0.4 is 0 Å². The molecule has 0 aliphatic heterocycles. The van der Waals surface area contributed by atoms with Crippen molar-refractivity contribution in [3.05, 3.63) is 152 Å². The molecule has 0 atom stereocenters. The fraction of sp³-hybridized carbons (Fsp3) is 0. The number of nitrogens with zero attached hydrogens (tertiary/aromatic N) is 3. The van der Waals surface area contributed by atoms with Crippen LogP contribution in [0.1, 0.15) is 0 Å². The number of aromatic nitrogens is 3. The third-order valence-electron chi connectivity index (χ3n) is 8.54. The number of hydrogen-bond acceptors (Lipinski definition) is 4. The zero-order valence-corrected chi connectivity index (χ0v) is 24.2. The maximum atomic E-state index is 6.36. The van der Waals surface area contributed by atoms with Gasteiger partial charge in [-0.05, 0) is 44.8 Å². The van der Waals surface area contributed by atoms with E-state index in [1.165, 1.54) is 27.1 Å². The SMILES string of the molecule is c1ccc(-c2nc(-c3ccc(-c4cccc5ccc6ccccc6c45)cc3)nc(-c3cccc4c3oc3ccccc34)n2)cc1. The van der Waals surface area contributed by atoms with Crippen molar-refractivity contribution in [1.29, 1.82) is 0 Å². The first-order valence-electron chi connectivity index (χ1n) is 15.0. The molecular weight excluding hydrogens is 550 g/mol. The first-order valence-corrected chi connectivity index (χ1v) is 15.0. The summed E-state index contributed by atoms with van der Waals surface area (Å²) < 4.78 is 6.36. The monoisotopic (exact) mass is 575 g/mol. The molecule has 9 rings (SSSR count). The Morgan fingerprint density at radius 2 is 0.933 bits per heavy atom. The van der Waals surface area contributed by atoms with Crippen molar-refractivity contribution >= 4 is 43.5 Å². The Morgan fingerprint density at radius 1 is 0.356 bits per heavy atom. The highest BCUT2D eigenvalue weighted by molar-refractivity contribution is 6.14. The number of fused-ring (bicyclic) bond motifs is 6.